The fourth-order valence-corrected chi connectivity index (χ4v) is 2.37. The molecule has 4 heteroatoms. The predicted octanol–water partition coefficient (Wildman–Crippen LogP) is 2.92. The first-order chi connectivity index (χ1) is 9.15. The van der Waals surface area contributed by atoms with Crippen molar-refractivity contribution in [2.24, 2.45) is 0 Å². The molecule has 1 aliphatic rings. The lowest BCUT2D eigenvalue weighted by molar-refractivity contribution is -0.136. The van der Waals surface area contributed by atoms with Gasteiger partial charge in [0.05, 0.1) is 12.5 Å². The highest BCUT2D eigenvalue weighted by atomic mass is 16.5. The van der Waals surface area contributed by atoms with Crippen LogP contribution in [0.4, 0.5) is 5.69 Å². The maximum Gasteiger partial charge on any atom is 0.305 e. The van der Waals surface area contributed by atoms with Crippen LogP contribution in [0.25, 0.3) is 0 Å². The molecule has 0 spiro atoms. The van der Waals surface area contributed by atoms with E-state index in [0.717, 1.165) is 24.3 Å². The summed E-state index contributed by atoms with van der Waals surface area (Å²) in [6.07, 6.45) is 5.36. The van der Waals surface area contributed by atoms with Crippen LogP contribution >= 0.6 is 0 Å². The number of aliphatic carboxylic acids is 1. The Balaban J connectivity index is 1.87. The standard InChI is InChI=1S/C15H21NO3/c1-16(11-10-15(17)18)12-6-8-14(9-7-12)19-13-4-2-3-5-13/h6-9,13H,2-5,10-11H2,1H3,(H,17,18). The van der Waals surface area contributed by atoms with Crippen LogP contribution < -0.4 is 9.64 Å². The van der Waals surface area contributed by atoms with E-state index < -0.39 is 5.97 Å². The van der Waals surface area contributed by atoms with Gasteiger partial charge in [0.1, 0.15) is 5.75 Å². The number of nitrogens with zero attached hydrogens (tertiary/aromatic N) is 1. The molecule has 1 aromatic rings. The molecule has 0 aliphatic heterocycles. The number of carbonyl (C=O) groups is 1. The Morgan fingerprint density at radius 1 is 1.32 bits per heavy atom. The Morgan fingerprint density at radius 3 is 2.53 bits per heavy atom. The van der Waals surface area contributed by atoms with Crippen molar-refractivity contribution in [3.05, 3.63) is 24.3 Å². The molecule has 0 heterocycles. The molecule has 1 fully saturated rings. The van der Waals surface area contributed by atoms with E-state index in [1.807, 2.05) is 36.2 Å². The number of carboxylic acids is 1. The predicted molar refractivity (Wildman–Crippen MR) is 74.8 cm³/mol. The normalized spacial score (nSPS) is 15.4. The zero-order valence-electron chi connectivity index (χ0n) is 11.3. The molecule has 0 bridgehead atoms. The maximum absolute atomic E-state index is 10.5. The number of hydrogen-bond acceptors (Lipinski definition) is 3. The van der Waals surface area contributed by atoms with Crippen LogP contribution in [0.15, 0.2) is 24.3 Å². The second-order valence-electron chi connectivity index (χ2n) is 5.08. The lowest BCUT2D eigenvalue weighted by atomic mass is 10.2. The first kappa shape index (κ1) is 13.7. The molecule has 0 radical (unpaired) electrons. The minimum absolute atomic E-state index is 0.150. The van der Waals surface area contributed by atoms with Gasteiger partial charge in [0.2, 0.25) is 0 Å². The Bertz CT molecular complexity index is 410. The summed E-state index contributed by atoms with van der Waals surface area (Å²) in [6.45, 7) is 0.512. The zero-order chi connectivity index (χ0) is 13.7. The van der Waals surface area contributed by atoms with Gasteiger partial charge in [-0.05, 0) is 49.9 Å². The topological polar surface area (TPSA) is 49.8 Å². The fourth-order valence-electron chi connectivity index (χ4n) is 2.37. The molecule has 1 saturated carbocycles. The number of hydrogen-bond donors (Lipinski definition) is 1. The van der Waals surface area contributed by atoms with E-state index in [9.17, 15) is 4.79 Å². The van der Waals surface area contributed by atoms with Crippen molar-refractivity contribution in [1.82, 2.24) is 0 Å². The first-order valence-electron chi connectivity index (χ1n) is 6.85. The number of benzene rings is 1. The third kappa shape index (κ3) is 4.16. The monoisotopic (exact) mass is 263 g/mol. The molecule has 1 aliphatic carbocycles. The van der Waals surface area contributed by atoms with Gasteiger partial charge in [0.15, 0.2) is 0 Å². The van der Waals surface area contributed by atoms with Crippen LogP contribution in [0.1, 0.15) is 32.1 Å². The molecule has 1 N–H and O–H groups in total. The van der Waals surface area contributed by atoms with Crippen molar-refractivity contribution in [2.45, 2.75) is 38.2 Å². The summed E-state index contributed by atoms with van der Waals surface area (Å²) >= 11 is 0. The number of carboxylic acid groups (broad SMARTS) is 1. The van der Waals surface area contributed by atoms with Gasteiger partial charge in [-0.15, -0.1) is 0 Å². The highest BCUT2D eigenvalue weighted by molar-refractivity contribution is 5.67. The second kappa shape index (κ2) is 6.45. The number of rotatable bonds is 6. The first-order valence-corrected chi connectivity index (χ1v) is 6.85. The molecule has 0 aromatic heterocycles. The van der Waals surface area contributed by atoms with Crippen LogP contribution in [-0.2, 0) is 4.79 Å². The van der Waals surface area contributed by atoms with Gasteiger partial charge in [-0.2, -0.15) is 0 Å². The smallest absolute Gasteiger partial charge is 0.305 e. The summed E-state index contributed by atoms with van der Waals surface area (Å²) in [7, 11) is 1.90. The fraction of sp³-hybridized carbons (Fsp3) is 0.533. The molecule has 19 heavy (non-hydrogen) atoms. The molecular weight excluding hydrogens is 242 g/mol. The summed E-state index contributed by atoms with van der Waals surface area (Å²) < 4.78 is 5.90. The Labute approximate surface area is 114 Å². The van der Waals surface area contributed by atoms with Gasteiger partial charge in [0.25, 0.3) is 0 Å². The van der Waals surface area contributed by atoms with Crippen LogP contribution in [-0.4, -0.2) is 30.8 Å². The average molecular weight is 263 g/mol. The van der Waals surface area contributed by atoms with Crippen LogP contribution in [0.3, 0.4) is 0 Å². The molecular formula is C15H21NO3. The van der Waals surface area contributed by atoms with Gasteiger partial charge in [-0.3, -0.25) is 4.79 Å². The van der Waals surface area contributed by atoms with E-state index >= 15 is 0 Å². The van der Waals surface area contributed by atoms with Crippen molar-refractivity contribution >= 4 is 11.7 Å². The minimum atomic E-state index is -0.770. The molecule has 104 valence electrons. The van der Waals surface area contributed by atoms with E-state index in [4.69, 9.17) is 9.84 Å². The SMILES string of the molecule is CN(CCC(=O)O)c1ccc(OC2CCCC2)cc1. The van der Waals surface area contributed by atoms with Gasteiger partial charge in [-0.1, -0.05) is 0 Å². The van der Waals surface area contributed by atoms with Gasteiger partial charge in [0, 0.05) is 19.3 Å². The van der Waals surface area contributed by atoms with Gasteiger partial charge < -0.3 is 14.7 Å². The Hall–Kier alpha value is -1.71. The summed E-state index contributed by atoms with van der Waals surface area (Å²) in [6, 6.07) is 7.88. The molecule has 0 unspecified atom stereocenters. The lowest BCUT2D eigenvalue weighted by Gasteiger charge is -2.19. The van der Waals surface area contributed by atoms with Crippen LogP contribution in [0, 0.1) is 0 Å². The van der Waals surface area contributed by atoms with E-state index in [-0.39, 0.29) is 6.42 Å². The highest BCUT2D eigenvalue weighted by Crippen LogP contribution is 2.25. The van der Waals surface area contributed by atoms with Crippen molar-refractivity contribution < 1.29 is 14.6 Å². The van der Waals surface area contributed by atoms with Crippen LogP contribution in [0.5, 0.6) is 5.75 Å². The molecule has 4 nitrogen and oxygen atoms in total. The largest absolute Gasteiger partial charge is 0.490 e. The van der Waals surface area contributed by atoms with Gasteiger partial charge in [-0.25, -0.2) is 0 Å². The summed E-state index contributed by atoms with van der Waals surface area (Å²) in [4.78, 5) is 12.5. The van der Waals surface area contributed by atoms with Crippen molar-refractivity contribution in [2.75, 3.05) is 18.5 Å². The molecule has 2 rings (SSSR count). The Morgan fingerprint density at radius 2 is 1.95 bits per heavy atom. The molecule has 0 amide bonds. The van der Waals surface area contributed by atoms with Crippen molar-refractivity contribution in [1.29, 1.82) is 0 Å². The van der Waals surface area contributed by atoms with E-state index in [1.165, 1.54) is 12.8 Å². The molecule has 0 saturated heterocycles. The molecule has 0 atom stereocenters. The van der Waals surface area contributed by atoms with Crippen molar-refractivity contribution in [3.63, 3.8) is 0 Å². The summed E-state index contributed by atoms with van der Waals surface area (Å²) in [5.41, 5.74) is 1.01. The van der Waals surface area contributed by atoms with Gasteiger partial charge >= 0.3 is 5.97 Å². The Kier molecular flexibility index (Phi) is 4.66. The minimum Gasteiger partial charge on any atom is -0.490 e. The average Bonchev–Trinajstić information content (AvgIpc) is 2.89. The van der Waals surface area contributed by atoms with Crippen LogP contribution in [0.2, 0.25) is 0 Å². The summed E-state index contributed by atoms with van der Waals surface area (Å²) in [5.74, 6) is 0.135. The quantitative estimate of drug-likeness (QED) is 0.857. The van der Waals surface area contributed by atoms with E-state index in [2.05, 4.69) is 0 Å². The van der Waals surface area contributed by atoms with Crippen molar-refractivity contribution in [3.8, 4) is 5.75 Å². The van der Waals surface area contributed by atoms with E-state index in [1.54, 1.807) is 0 Å². The third-order valence-electron chi connectivity index (χ3n) is 3.54. The highest BCUT2D eigenvalue weighted by Gasteiger charge is 2.16. The zero-order valence-corrected chi connectivity index (χ0v) is 11.3. The second-order valence-corrected chi connectivity index (χ2v) is 5.08. The van der Waals surface area contributed by atoms with E-state index in [0.29, 0.717) is 12.6 Å². The number of anilines is 1. The third-order valence-corrected chi connectivity index (χ3v) is 3.54. The number of ether oxygens (including phenoxy) is 1. The molecule has 1 aromatic carbocycles. The maximum atomic E-state index is 10.5. The summed E-state index contributed by atoms with van der Waals surface area (Å²) in [5, 5.41) is 8.67. The lowest BCUT2D eigenvalue weighted by Crippen LogP contribution is -2.20.